The fourth-order valence-electron chi connectivity index (χ4n) is 4.85. The minimum atomic E-state index is -1.50. The topological polar surface area (TPSA) is 46.9 Å². The van der Waals surface area contributed by atoms with E-state index in [0.29, 0.717) is 4.78 Å². The van der Waals surface area contributed by atoms with Crippen LogP contribution in [0.4, 0.5) is 34.1 Å². The molecule has 0 saturated carbocycles. The lowest BCUT2D eigenvalue weighted by molar-refractivity contribution is 0.427. The van der Waals surface area contributed by atoms with Gasteiger partial charge in [0, 0.05) is 43.8 Å². The molecule has 40 heavy (non-hydrogen) atoms. The lowest BCUT2D eigenvalue weighted by Crippen LogP contribution is -2.26. The summed E-state index contributed by atoms with van der Waals surface area (Å²) < 4.78 is 0.507. The molecule has 0 amide bonds. The van der Waals surface area contributed by atoms with Gasteiger partial charge in [0.05, 0.1) is 0 Å². The van der Waals surface area contributed by atoms with E-state index in [4.69, 9.17) is 0 Å². The van der Waals surface area contributed by atoms with Gasteiger partial charge in [-0.15, -0.1) is 11.3 Å². The van der Waals surface area contributed by atoms with Crippen molar-refractivity contribution in [1.82, 2.24) is 0 Å². The van der Waals surface area contributed by atoms with Gasteiger partial charge in [0.2, 0.25) is 0 Å². The van der Waals surface area contributed by atoms with Gasteiger partial charge in [0.1, 0.15) is 0 Å². The molecule has 6 heteroatoms. The molecule has 1 aromatic heterocycles. The molecule has 5 aromatic carbocycles. The first kappa shape index (κ1) is 25.7. The third kappa shape index (κ3) is 5.42. The minimum absolute atomic E-state index is 0.507. The molecule has 0 saturated heterocycles. The monoisotopic (exact) mass is 538 g/mol. The van der Waals surface area contributed by atoms with E-state index in [-0.39, 0.29) is 0 Å². The largest absolute Gasteiger partial charge is 0.499 e. The van der Waals surface area contributed by atoms with E-state index in [1.54, 1.807) is 6.07 Å². The second kappa shape index (κ2) is 11.6. The Morgan fingerprint density at radius 1 is 0.425 bits per heavy atom. The molecule has 6 rings (SSSR count). The highest BCUT2D eigenvalue weighted by atomic mass is 32.1. The normalized spacial score (nSPS) is 10.8. The van der Waals surface area contributed by atoms with E-state index in [1.807, 2.05) is 78.9 Å². The fraction of sp³-hybridized carbons (Fsp3) is 0. The summed E-state index contributed by atoms with van der Waals surface area (Å²) in [6.45, 7) is 0. The molecule has 0 aliphatic rings. The molecule has 0 radical (unpaired) electrons. The van der Waals surface area contributed by atoms with Crippen molar-refractivity contribution in [3.05, 3.63) is 152 Å². The molecule has 194 valence electrons. The number of anilines is 6. The van der Waals surface area contributed by atoms with Crippen LogP contribution in [-0.2, 0) is 0 Å². The van der Waals surface area contributed by atoms with Gasteiger partial charge in [-0.3, -0.25) is 0 Å². The average molecular weight is 538 g/mol. The lowest BCUT2D eigenvalue weighted by Gasteiger charge is -2.30. The summed E-state index contributed by atoms with van der Waals surface area (Å²) in [6, 6.07) is 51.6. The van der Waals surface area contributed by atoms with Crippen LogP contribution in [0.15, 0.2) is 152 Å². The van der Waals surface area contributed by atoms with Gasteiger partial charge in [-0.25, -0.2) is 0 Å². The van der Waals surface area contributed by atoms with Crippen LogP contribution in [0.25, 0.3) is 10.4 Å². The van der Waals surface area contributed by atoms with Crippen molar-refractivity contribution in [3.8, 4) is 10.4 Å². The molecule has 2 N–H and O–H groups in total. The zero-order valence-corrected chi connectivity index (χ0v) is 22.5. The number of hydrogen-bond acceptors (Lipinski definition) is 5. The van der Waals surface area contributed by atoms with E-state index in [9.17, 15) is 10.0 Å². The lowest BCUT2D eigenvalue weighted by atomic mass is 9.90. The fourth-order valence-corrected chi connectivity index (χ4v) is 5.71. The number of benzene rings is 5. The third-order valence-corrected chi connectivity index (χ3v) is 7.82. The predicted molar refractivity (Wildman–Crippen MR) is 169 cm³/mol. The van der Waals surface area contributed by atoms with E-state index in [2.05, 4.69) is 76.5 Å². The van der Waals surface area contributed by atoms with Crippen molar-refractivity contribution in [2.75, 3.05) is 9.80 Å². The maximum absolute atomic E-state index is 9.81. The number of rotatable bonds is 8. The van der Waals surface area contributed by atoms with E-state index < -0.39 is 7.12 Å². The first-order valence-electron chi connectivity index (χ1n) is 13.1. The quantitative estimate of drug-likeness (QED) is 0.193. The first-order valence-corrected chi connectivity index (χ1v) is 13.9. The molecule has 0 spiro atoms. The van der Waals surface area contributed by atoms with Crippen LogP contribution in [0, 0.1) is 0 Å². The van der Waals surface area contributed by atoms with Crippen LogP contribution < -0.4 is 14.6 Å². The summed E-state index contributed by atoms with van der Waals surface area (Å²) in [4.78, 5) is 5.45. The highest BCUT2D eigenvalue weighted by molar-refractivity contribution is 7.24. The number of para-hydroxylation sites is 4. The predicted octanol–water partition coefficient (Wildman–Crippen LogP) is 8.03. The Morgan fingerprint density at radius 3 is 1.12 bits per heavy atom. The van der Waals surface area contributed by atoms with Crippen LogP contribution in [0.5, 0.6) is 0 Å². The molecule has 0 aliphatic heterocycles. The standard InChI is InChI=1S/C34H27BN2O2S/c38-35(39)34-22-21-33(40-34)26-23-31(36(27-13-5-1-6-14-27)28-15-7-2-8-16-28)25-32(24-26)37(29-17-9-3-10-18-29)30-19-11-4-12-20-30/h1-25,38-39H. The Kier molecular flexibility index (Phi) is 7.46. The second-order valence-electron chi connectivity index (χ2n) is 9.33. The maximum Gasteiger partial charge on any atom is 0.499 e. The molecule has 6 aromatic rings. The van der Waals surface area contributed by atoms with Gasteiger partial charge in [-0.1, -0.05) is 78.9 Å². The second-order valence-corrected chi connectivity index (χ2v) is 10.4. The van der Waals surface area contributed by atoms with Crippen LogP contribution in [0.2, 0.25) is 0 Å². The number of thiophene rings is 1. The van der Waals surface area contributed by atoms with Crippen molar-refractivity contribution >= 4 is 57.4 Å². The van der Waals surface area contributed by atoms with Gasteiger partial charge in [-0.2, -0.15) is 0 Å². The van der Waals surface area contributed by atoms with Crippen molar-refractivity contribution in [1.29, 1.82) is 0 Å². The first-order chi connectivity index (χ1) is 19.7. The van der Waals surface area contributed by atoms with Crippen molar-refractivity contribution < 1.29 is 10.0 Å². The molecule has 4 nitrogen and oxygen atoms in total. The maximum atomic E-state index is 9.81. The average Bonchev–Trinajstić information content (AvgIpc) is 3.51. The molecule has 0 bridgehead atoms. The molecular weight excluding hydrogens is 511 g/mol. The SMILES string of the molecule is OB(O)c1ccc(-c2cc(N(c3ccccc3)c3ccccc3)cc(N(c3ccccc3)c3ccccc3)c2)s1. The van der Waals surface area contributed by atoms with Crippen LogP contribution >= 0.6 is 11.3 Å². The van der Waals surface area contributed by atoms with Gasteiger partial charge in [0.15, 0.2) is 0 Å². The van der Waals surface area contributed by atoms with E-state index >= 15 is 0 Å². The summed E-state index contributed by atoms with van der Waals surface area (Å²) in [5, 5.41) is 19.6. The van der Waals surface area contributed by atoms with E-state index in [1.165, 1.54) is 11.3 Å². The van der Waals surface area contributed by atoms with Crippen LogP contribution in [-0.4, -0.2) is 17.2 Å². The van der Waals surface area contributed by atoms with Gasteiger partial charge >= 0.3 is 7.12 Å². The smallest absolute Gasteiger partial charge is 0.423 e. The summed E-state index contributed by atoms with van der Waals surface area (Å²) >= 11 is 1.38. The highest BCUT2D eigenvalue weighted by Crippen LogP contribution is 2.43. The minimum Gasteiger partial charge on any atom is -0.423 e. The summed E-state index contributed by atoms with van der Waals surface area (Å²) in [5.41, 5.74) is 7.13. The van der Waals surface area contributed by atoms with Crippen LogP contribution in [0.1, 0.15) is 0 Å². The van der Waals surface area contributed by atoms with Gasteiger partial charge in [0.25, 0.3) is 0 Å². The summed E-state index contributed by atoms with van der Waals surface area (Å²) in [7, 11) is -1.50. The third-order valence-electron chi connectivity index (χ3n) is 6.64. The van der Waals surface area contributed by atoms with Gasteiger partial charge < -0.3 is 19.8 Å². The Bertz CT molecular complexity index is 1500. The van der Waals surface area contributed by atoms with Crippen LogP contribution in [0.3, 0.4) is 0 Å². The summed E-state index contributed by atoms with van der Waals surface area (Å²) in [6.07, 6.45) is 0. The van der Waals surface area contributed by atoms with Crippen molar-refractivity contribution in [2.45, 2.75) is 0 Å². The molecular formula is C34H27BN2O2S. The Hall–Kier alpha value is -4.62. The zero-order valence-electron chi connectivity index (χ0n) is 21.7. The Balaban J connectivity index is 1.61. The highest BCUT2D eigenvalue weighted by Gasteiger charge is 2.20. The van der Waals surface area contributed by atoms with Gasteiger partial charge in [-0.05, 0) is 78.4 Å². The zero-order chi connectivity index (χ0) is 27.3. The molecule has 0 atom stereocenters. The number of hydrogen-bond donors (Lipinski definition) is 2. The summed E-state index contributed by atoms with van der Waals surface area (Å²) in [5.74, 6) is 0. The molecule has 0 aliphatic carbocycles. The molecule has 0 fully saturated rings. The Morgan fingerprint density at radius 2 is 0.800 bits per heavy atom. The van der Waals surface area contributed by atoms with Crippen molar-refractivity contribution in [3.63, 3.8) is 0 Å². The molecule has 1 heterocycles. The molecule has 0 unspecified atom stereocenters. The van der Waals surface area contributed by atoms with E-state index in [0.717, 1.165) is 44.6 Å². The van der Waals surface area contributed by atoms with Crippen molar-refractivity contribution in [2.24, 2.45) is 0 Å². The Labute approximate surface area is 238 Å². The number of nitrogens with zero attached hydrogens (tertiary/aromatic N) is 2.